The first-order chi connectivity index (χ1) is 16.6. The first-order valence-corrected chi connectivity index (χ1v) is 12.1. The Morgan fingerprint density at radius 2 is 1.97 bits per heavy atom. The number of fused-ring (bicyclic) bond motifs is 4. The Bertz CT molecular complexity index is 1550. The van der Waals surface area contributed by atoms with Crippen molar-refractivity contribution in [3.63, 3.8) is 0 Å². The van der Waals surface area contributed by atoms with E-state index in [4.69, 9.17) is 16.6 Å². The molecule has 4 heterocycles. The average Bonchev–Trinajstić information content (AvgIpc) is 3.58. The molecule has 1 amide bonds. The topological polar surface area (TPSA) is 88.0 Å². The molecule has 1 unspecified atom stereocenters. The van der Waals surface area contributed by atoms with E-state index in [1.54, 1.807) is 17.7 Å². The third-order valence-corrected chi connectivity index (χ3v) is 7.44. The van der Waals surface area contributed by atoms with Crippen molar-refractivity contribution in [2.75, 3.05) is 0 Å². The molecule has 168 valence electrons. The Morgan fingerprint density at radius 3 is 2.79 bits per heavy atom. The summed E-state index contributed by atoms with van der Waals surface area (Å²) >= 11 is 8.25. The molecule has 1 aliphatic heterocycles. The number of halogens is 1. The van der Waals surface area contributed by atoms with Crippen molar-refractivity contribution in [2.24, 2.45) is 4.99 Å². The van der Waals surface area contributed by atoms with E-state index in [0.29, 0.717) is 22.3 Å². The Balaban J connectivity index is 1.48. The number of aliphatic imine (C=N–C) groups is 1. The zero-order valence-electron chi connectivity index (χ0n) is 18.1. The van der Waals surface area contributed by atoms with Crippen LogP contribution >= 0.6 is 22.9 Å². The van der Waals surface area contributed by atoms with Crippen LogP contribution in [0.5, 0.6) is 0 Å². The fourth-order valence-corrected chi connectivity index (χ4v) is 5.46. The molecule has 0 fully saturated rings. The number of nitrogens with zero attached hydrogens (tertiary/aromatic N) is 4. The highest BCUT2D eigenvalue weighted by molar-refractivity contribution is 7.15. The van der Waals surface area contributed by atoms with Gasteiger partial charge in [0.1, 0.15) is 17.0 Å². The van der Waals surface area contributed by atoms with E-state index in [0.717, 1.165) is 33.5 Å². The van der Waals surface area contributed by atoms with Crippen LogP contribution in [0.2, 0.25) is 5.02 Å². The molecule has 2 aromatic carbocycles. The van der Waals surface area contributed by atoms with Gasteiger partial charge in [-0.1, -0.05) is 54.9 Å². The summed E-state index contributed by atoms with van der Waals surface area (Å²) in [4.78, 5) is 22.6. The Kier molecular flexibility index (Phi) is 5.04. The molecular formula is C25H19ClN6OS. The number of para-hydroxylation sites is 1. The molecule has 0 aliphatic carbocycles. The summed E-state index contributed by atoms with van der Waals surface area (Å²) in [6.45, 7) is 2.12. The van der Waals surface area contributed by atoms with E-state index < -0.39 is 6.17 Å². The van der Waals surface area contributed by atoms with Crippen molar-refractivity contribution in [3.05, 3.63) is 99.5 Å². The molecule has 34 heavy (non-hydrogen) atoms. The lowest BCUT2D eigenvalue weighted by molar-refractivity contribution is 0.0932. The van der Waals surface area contributed by atoms with Gasteiger partial charge < -0.3 is 10.3 Å². The van der Waals surface area contributed by atoms with Crippen LogP contribution in [0.4, 0.5) is 0 Å². The predicted octanol–water partition coefficient (Wildman–Crippen LogP) is 5.31. The highest BCUT2D eigenvalue weighted by Crippen LogP contribution is 2.36. The largest absolute Gasteiger partial charge is 0.351 e. The molecular weight excluding hydrogens is 468 g/mol. The number of rotatable bonds is 4. The molecule has 3 aromatic heterocycles. The lowest BCUT2D eigenvalue weighted by Gasteiger charge is -2.14. The second-order valence-electron chi connectivity index (χ2n) is 7.95. The number of thiophene rings is 1. The number of benzene rings is 2. The maximum atomic E-state index is 13.3. The predicted molar refractivity (Wildman–Crippen MR) is 134 cm³/mol. The minimum absolute atomic E-state index is 0.280. The van der Waals surface area contributed by atoms with E-state index in [9.17, 15) is 4.79 Å². The van der Waals surface area contributed by atoms with Crippen molar-refractivity contribution in [2.45, 2.75) is 19.5 Å². The number of hydrogen-bond donors (Lipinski definition) is 2. The van der Waals surface area contributed by atoms with Gasteiger partial charge in [0.05, 0.1) is 5.71 Å². The molecule has 9 heteroatoms. The molecule has 0 spiro atoms. The molecule has 0 saturated carbocycles. The Hall–Kier alpha value is -3.75. The van der Waals surface area contributed by atoms with Crippen LogP contribution in [0.3, 0.4) is 0 Å². The van der Waals surface area contributed by atoms with E-state index in [1.165, 1.54) is 4.88 Å². The third-order valence-electron chi connectivity index (χ3n) is 5.83. The average molecular weight is 487 g/mol. The number of aromatic amines is 1. The SMILES string of the molecule is CCc1cc2c(s1)-n1cnnc1C(NC(=O)c1cc3ccccc3[nH]1)N=C2c1ccccc1Cl. The normalized spacial score (nSPS) is 14.9. The molecule has 1 atom stereocenters. The second-order valence-corrected chi connectivity index (χ2v) is 9.47. The quantitative estimate of drug-likeness (QED) is 0.361. The Morgan fingerprint density at radius 1 is 1.15 bits per heavy atom. The van der Waals surface area contributed by atoms with Crippen LogP contribution in [0.25, 0.3) is 15.9 Å². The minimum Gasteiger partial charge on any atom is -0.351 e. The number of H-pyrrole nitrogens is 1. The number of aryl methyl sites for hydroxylation is 1. The van der Waals surface area contributed by atoms with E-state index in [1.807, 2.05) is 59.2 Å². The van der Waals surface area contributed by atoms with Crippen LogP contribution < -0.4 is 5.32 Å². The summed E-state index contributed by atoms with van der Waals surface area (Å²) in [5.41, 5.74) is 3.80. The molecule has 6 rings (SSSR count). The highest BCUT2D eigenvalue weighted by atomic mass is 35.5. The number of nitrogens with one attached hydrogen (secondary N) is 2. The summed E-state index contributed by atoms with van der Waals surface area (Å²) in [7, 11) is 0. The van der Waals surface area contributed by atoms with Crippen molar-refractivity contribution >= 4 is 45.5 Å². The molecule has 7 nitrogen and oxygen atoms in total. The summed E-state index contributed by atoms with van der Waals surface area (Å²) in [6.07, 6.45) is 1.81. The van der Waals surface area contributed by atoms with Crippen LogP contribution in [0.15, 0.2) is 72.0 Å². The van der Waals surface area contributed by atoms with Crippen LogP contribution in [0, 0.1) is 0 Å². The van der Waals surface area contributed by atoms with Gasteiger partial charge in [-0.15, -0.1) is 21.5 Å². The van der Waals surface area contributed by atoms with Gasteiger partial charge in [-0.05, 0) is 30.7 Å². The van der Waals surface area contributed by atoms with E-state index in [2.05, 4.69) is 33.5 Å². The summed E-state index contributed by atoms with van der Waals surface area (Å²) in [5.74, 6) is 0.259. The van der Waals surface area contributed by atoms with Crippen molar-refractivity contribution in [1.82, 2.24) is 25.1 Å². The van der Waals surface area contributed by atoms with Crippen LogP contribution in [-0.4, -0.2) is 31.4 Å². The molecule has 5 aromatic rings. The summed E-state index contributed by atoms with van der Waals surface area (Å²) in [6, 6.07) is 19.3. The molecule has 2 N–H and O–H groups in total. The second kappa shape index (κ2) is 8.23. The van der Waals surface area contributed by atoms with Crippen molar-refractivity contribution in [1.29, 1.82) is 0 Å². The van der Waals surface area contributed by atoms with Gasteiger partial charge >= 0.3 is 0 Å². The molecule has 0 radical (unpaired) electrons. The van der Waals surface area contributed by atoms with E-state index >= 15 is 0 Å². The number of hydrogen-bond acceptors (Lipinski definition) is 5. The smallest absolute Gasteiger partial charge is 0.269 e. The van der Waals surface area contributed by atoms with Crippen LogP contribution in [-0.2, 0) is 6.42 Å². The van der Waals surface area contributed by atoms with Gasteiger partial charge in [-0.3, -0.25) is 14.4 Å². The number of amides is 1. The van der Waals surface area contributed by atoms with Crippen molar-refractivity contribution < 1.29 is 4.79 Å². The molecule has 0 bridgehead atoms. The standard InChI is InChI=1S/C25H19ClN6OS/c1-2-15-12-17-21(16-8-4-5-9-18(16)26)29-22(23-31-27-13-32(23)25(17)34-15)30-24(33)20-11-14-7-3-6-10-19(14)28-20/h3-13,22,28H,2H2,1H3,(H,30,33). The Labute approximate surface area is 204 Å². The fourth-order valence-electron chi connectivity index (χ4n) is 4.16. The zero-order chi connectivity index (χ0) is 23.2. The molecule has 0 saturated heterocycles. The maximum Gasteiger partial charge on any atom is 0.269 e. The highest BCUT2D eigenvalue weighted by Gasteiger charge is 2.30. The van der Waals surface area contributed by atoms with Crippen molar-refractivity contribution in [3.8, 4) is 5.00 Å². The van der Waals surface area contributed by atoms with Gasteiger partial charge in [0.2, 0.25) is 0 Å². The van der Waals surface area contributed by atoms with Gasteiger partial charge in [-0.2, -0.15) is 0 Å². The molecule has 1 aliphatic rings. The first kappa shape index (κ1) is 20.8. The lowest BCUT2D eigenvalue weighted by atomic mass is 10.0. The van der Waals surface area contributed by atoms with Gasteiger partial charge in [-0.25, -0.2) is 0 Å². The van der Waals surface area contributed by atoms with Crippen LogP contribution in [0.1, 0.15) is 45.4 Å². The fraction of sp³-hybridized carbons (Fsp3) is 0.120. The third kappa shape index (κ3) is 3.43. The lowest BCUT2D eigenvalue weighted by Crippen LogP contribution is -2.29. The summed E-state index contributed by atoms with van der Waals surface area (Å²) < 4.78 is 1.91. The zero-order valence-corrected chi connectivity index (χ0v) is 19.7. The number of carbonyl (C=O) groups is 1. The number of carbonyl (C=O) groups excluding carboxylic acids is 1. The van der Waals surface area contributed by atoms with E-state index in [-0.39, 0.29) is 5.91 Å². The first-order valence-electron chi connectivity index (χ1n) is 10.9. The van der Waals surface area contributed by atoms with Gasteiger partial charge in [0.25, 0.3) is 5.91 Å². The minimum atomic E-state index is -0.752. The number of aromatic nitrogens is 4. The monoisotopic (exact) mass is 486 g/mol. The maximum absolute atomic E-state index is 13.3. The van der Waals surface area contributed by atoms with Gasteiger partial charge in [0.15, 0.2) is 12.0 Å². The van der Waals surface area contributed by atoms with Gasteiger partial charge in [0, 0.05) is 31.9 Å². The summed E-state index contributed by atoms with van der Waals surface area (Å²) in [5, 5.41) is 14.0.